The van der Waals surface area contributed by atoms with Crippen molar-refractivity contribution in [1.29, 1.82) is 0 Å². The van der Waals surface area contributed by atoms with Gasteiger partial charge < -0.3 is 5.32 Å². The molecule has 0 aliphatic rings. The van der Waals surface area contributed by atoms with E-state index in [0.717, 1.165) is 22.7 Å². The van der Waals surface area contributed by atoms with Crippen LogP contribution in [-0.4, -0.2) is 0 Å². The number of para-hydroxylation sites is 1. The maximum Gasteiger partial charge on any atom is 0.0456 e. The van der Waals surface area contributed by atoms with Crippen LogP contribution < -0.4 is 5.32 Å². The molecule has 18 heavy (non-hydrogen) atoms. The van der Waals surface area contributed by atoms with Gasteiger partial charge in [0.05, 0.1) is 0 Å². The fourth-order valence-electron chi connectivity index (χ4n) is 1.87. The third-order valence-corrected chi connectivity index (χ3v) is 3.48. The third-order valence-electron chi connectivity index (χ3n) is 2.88. The van der Waals surface area contributed by atoms with Crippen molar-refractivity contribution in [2.45, 2.75) is 19.9 Å². The lowest BCUT2D eigenvalue weighted by atomic mass is 10.1. The summed E-state index contributed by atoms with van der Waals surface area (Å²) in [5, 5.41) is 4.85. The van der Waals surface area contributed by atoms with Gasteiger partial charge in [-0.3, -0.25) is 0 Å². The highest BCUT2D eigenvalue weighted by molar-refractivity contribution is 6.33. The van der Waals surface area contributed by atoms with E-state index < -0.39 is 0 Å². The molecular formula is C15H15Cl2N. The van der Waals surface area contributed by atoms with Crippen LogP contribution in [0.1, 0.15) is 18.1 Å². The molecule has 0 bridgehead atoms. The van der Waals surface area contributed by atoms with E-state index in [2.05, 4.69) is 30.4 Å². The molecule has 0 aliphatic carbocycles. The van der Waals surface area contributed by atoms with Crippen LogP contribution in [0.3, 0.4) is 0 Å². The first-order chi connectivity index (χ1) is 8.70. The van der Waals surface area contributed by atoms with E-state index in [4.69, 9.17) is 23.2 Å². The van der Waals surface area contributed by atoms with Crippen LogP contribution in [0.5, 0.6) is 0 Å². The Labute approximate surface area is 118 Å². The smallest absolute Gasteiger partial charge is 0.0456 e. The van der Waals surface area contributed by atoms with Crippen molar-refractivity contribution in [2.24, 2.45) is 0 Å². The van der Waals surface area contributed by atoms with Crippen molar-refractivity contribution >= 4 is 28.9 Å². The summed E-state index contributed by atoms with van der Waals surface area (Å²) >= 11 is 12.1. The molecular weight excluding hydrogens is 265 g/mol. The predicted octanol–water partition coefficient (Wildman–Crippen LogP) is 5.17. The number of hydrogen-bond donors (Lipinski definition) is 1. The largest absolute Gasteiger partial charge is 0.381 e. The van der Waals surface area contributed by atoms with Gasteiger partial charge in [0.25, 0.3) is 0 Å². The first kappa shape index (κ1) is 13.3. The monoisotopic (exact) mass is 279 g/mol. The van der Waals surface area contributed by atoms with Crippen molar-refractivity contribution in [1.82, 2.24) is 0 Å². The van der Waals surface area contributed by atoms with Crippen molar-refractivity contribution < 1.29 is 0 Å². The maximum atomic E-state index is 6.14. The van der Waals surface area contributed by atoms with Crippen LogP contribution in [0.2, 0.25) is 10.0 Å². The van der Waals surface area contributed by atoms with Crippen LogP contribution in [0.4, 0.5) is 5.69 Å². The number of benzene rings is 2. The van der Waals surface area contributed by atoms with Gasteiger partial charge >= 0.3 is 0 Å². The molecule has 0 aromatic heterocycles. The number of nitrogens with one attached hydrogen (secondary N) is 1. The lowest BCUT2D eigenvalue weighted by Crippen LogP contribution is -2.02. The SMILES string of the molecule is CCc1ccccc1NCc1cc(Cl)ccc1Cl. The van der Waals surface area contributed by atoms with Gasteiger partial charge in [-0.05, 0) is 41.8 Å². The fraction of sp³-hybridized carbons (Fsp3) is 0.200. The molecule has 0 fully saturated rings. The quantitative estimate of drug-likeness (QED) is 0.814. The molecule has 0 saturated carbocycles. The summed E-state index contributed by atoms with van der Waals surface area (Å²) in [4.78, 5) is 0. The Morgan fingerprint density at radius 3 is 2.56 bits per heavy atom. The van der Waals surface area contributed by atoms with Gasteiger partial charge in [0.2, 0.25) is 0 Å². The van der Waals surface area contributed by atoms with Crippen LogP contribution >= 0.6 is 23.2 Å². The zero-order chi connectivity index (χ0) is 13.0. The average molecular weight is 280 g/mol. The zero-order valence-electron chi connectivity index (χ0n) is 10.2. The second-order valence-corrected chi connectivity index (χ2v) is 4.94. The number of aryl methyl sites for hydroxylation is 1. The third kappa shape index (κ3) is 3.18. The normalized spacial score (nSPS) is 10.4. The summed E-state index contributed by atoms with van der Waals surface area (Å²) < 4.78 is 0. The molecule has 2 aromatic rings. The van der Waals surface area contributed by atoms with Gasteiger partial charge in [-0.15, -0.1) is 0 Å². The summed E-state index contributed by atoms with van der Waals surface area (Å²) in [6, 6.07) is 13.8. The molecule has 0 aliphatic heterocycles. The van der Waals surface area contributed by atoms with Gasteiger partial charge in [0, 0.05) is 22.3 Å². The molecule has 1 nitrogen and oxygen atoms in total. The molecule has 0 radical (unpaired) electrons. The van der Waals surface area contributed by atoms with Crippen molar-refractivity contribution in [3.63, 3.8) is 0 Å². The molecule has 0 spiro atoms. The Hall–Kier alpha value is -1.18. The minimum absolute atomic E-state index is 0.677. The lowest BCUT2D eigenvalue weighted by molar-refractivity contribution is 1.09. The fourth-order valence-corrected chi connectivity index (χ4v) is 2.25. The van der Waals surface area contributed by atoms with E-state index >= 15 is 0 Å². The highest BCUT2D eigenvalue weighted by Crippen LogP contribution is 2.23. The lowest BCUT2D eigenvalue weighted by Gasteiger charge is -2.12. The van der Waals surface area contributed by atoms with Gasteiger partial charge in [0.1, 0.15) is 0 Å². The van der Waals surface area contributed by atoms with Crippen molar-refractivity contribution in [3.8, 4) is 0 Å². The molecule has 0 amide bonds. The van der Waals surface area contributed by atoms with Crippen molar-refractivity contribution in [2.75, 3.05) is 5.32 Å². The van der Waals surface area contributed by atoms with E-state index in [-0.39, 0.29) is 0 Å². The number of hydrogen-bond acceptors (Lipinski definition) is 1. The predicted molar refractivity (Wildman–Crippen MR) is 79.6 cm³/mol. The Kier molecular flexibility index (Phi) is 4.51. The number of halogens is 2. The average Bonchev–Trinajstić information content (AvgIpc) is 2.40. The van der Waals surface area contributed by atoms with E-state index in [1.807, 2.05) is 18.2 Å². The molecule has 1 N–H and O–H groups in total. The van der Waals surface area contributed by atoms with Crippen LogP contribution in [0.15, 0.2) is 42.5 Å². The molecule has 0 heterocycles. The standard InChI is InChI=1S/C15H15Cl2N/c1-2-11-5-3-4-6-15(11)18-10-12-9-13(16)7-8-14(12)17/h3-9,18H,2,10H2,1H3. The molecule has 2 rings (SSSR count). The van der Waals surface area contributed by atoms with Crippen LogP contribution in [0, 0.1) is 0 Å². The molecule has 94 valence electrons. The zero-order valence-corrected chi connectivity index (χ0v) is 11.7. The minimum Gasteiger partial charge on any atom is -0.381 e. The minimum atomic E-state index is 0.677. The van der Waals surface area contributed by atoms with E-state index in [9.17, 15) is 0 Å². The highest BCUT2D eigenvalue weighted by atomic mass is 35.5. The highest BCUT2D eigenvalue weighted by Gasteiger charge is 2.03. The van der Waals surface area contributed by atoms with E-state index in [1.54, 1.807) is 6.07 Å². The Balaban J connectivity index is 2.14. The summed E-state index contributed by atoms with van der Waals surface area (Å²) in [6.07, 6.45) is 1.01. The molecule has 0 unspecified atom stereocenters. The first-order valence-electron chi connectivity index (χ1n) is 5.96. The van der Waals surface area contributed by atoms with Gasteiger partial charge in [0.15, 0.2) is 0 Å². The topological polar surface area (TPSA) is 12.0 Å². The van der Waals surface area contributed by atoms with Crippen LogP contribution in [0.25, 0.3) is 0 Å². The van der Waals surface area contributed by atoms with E-state index in [1.165, 1.54) is 5.56 Å². The Morgan fingerprint density at radius 1 is 1.00 bits per heavy atom. The van der Waals surface area contributed by atoms with E-state index in [0.29, 0.717) is 11.6 Å². The molecule has 3 heteroatoms. The molecule has 0 atom stereocenters. The second kappa shape index (κ2) is 6.12. The Bertz CT molecular complexity index is 538. The second-order valence-electron chi connectivity index (χ2n) is 4.10. The van der Waals surface area contributed by atoms with Crippen LogP contribution in [-0.2, 0) is 13.0 Å². The maximum absolute atomic E-state index is 6.14. The first-order valence-corrected chi connectivity index (χ1v) is 6.72. The summed E-state index contributed by atoms with van der Waals surface area (Å²) in [5.41, 5.74) is 3.46. The van der Waals surface area contributed by atoms with Gasteiger partial charge in [-0.1, -0.05) is 48.3 Å². The van der Waals surface area contributed by atoms with Gasteiger partial charge in [-0.25, -0.2) is 0 Å². The molecule has 2 aromatic carbocycles. The summed E-state index contributed by atoms with van der Waals surface area (Å²) in [5.74, 6) is 0. The number of anilines is 1. The summed E-state index contributed by atoms with van der Waals surface area (Å²) in [7, 11) is 0. The molecule has 0 saturated heterocycles. The summed E-state index contributed by atoms with van der Waals surface area (Å²) in [6.45, 7) is 2.82. The Morgan fingerprint density at radius 2 is 1.78 bits per heavy atom. The van der Waals surface area contributed by atoms with Crippen molar-refractivity contribution in [3.05, 3.63) is 63.6 Å². The number of rotatable bonds is 4. The van der Waals surface area contributed by atoms with Gasteiger partial charge in [-0.2, -0.15) is 0 Å².